The Morgan fingerprint density at radius 1 is 1.36 bits per heavy atom. The number of aromatic nitrogens is 1. The van der Waals surface area contributed by atoms with E-state index in [1.807, 2.05) is 31.3 Å². The van der Waals surface area contributed by atoms with Gasteiger partial charge in [-0.3, -0.25) is 0 Å². The number of thiazole rings is 1. The van der Waals surface area contributed by atoms with Gasteiger partial charge in [-0.25, -0.2) is 9.98 Å². The second-order valence-corrected chi connectivity index (χ2v) is 6.40. The van der Waals surface area contributed by atoms with Crippen LogP contribution in [0, 0.1) is 0 Å². The molecule has 7 nitrogen and oxygen atoms in total. The third kappa shape index (κ3) is 5.53. The van der Waals surface area contributed by atoms with Gasteiger partial charge in [-0.05, 0) is 25.1 Å². The molecule has 2 aromatic rings. The number of hydrogen-bond donors (Lipinski definition) is 3. The molecule has 0 aliphatic carbocycles. The van der Waals surface area contributed by atoms with Crippen molar-refractivity contribution >= 4 is 22.4 Å². The third-order valence-corrected chi connectivity index (χ3v) is 4.45. The Balaban J connectivity index is 2.02. The average molecular weight is 363 g/mol. The summed E-state index contributed by atoms with van der Waals surface area (Å²) in [5.74, 6) is 1.57. The first kappa shape index (κ1) is 18.9. The standard InChI is InChI=1S/C17H25N5O2S/c1-5-18-16(20-10-13-11-25-17(21-13)22(2)3)19-9-12-8-14(24-4)6-7-15(12)23/h6-8,11,23H,5,9-10H2,1-4H3,(H2,18,19,20). The number of nitrogens with one attached hydrogen (secondary N) is 2. The zero-order valence-electron chi connectivity index (χ0n) is 15.0. The normalized spacial score (nSPS) is 11.3. The van der Waals surface area contributed by atoms with Crippen LogP contribution in [0.1, 0.15) is 18.2 Å². The number of ether oxygens (including phenoxy) is 1. The van der Waals surface area contributed by atoms with E-state index in [4.69, 9.17) is 4.74 Å². The number of benzene rings is 1. The summed E-state index contributed by atoms with van der Waals surface area (Å²) in [4.78, 5) is 11.0. The minimum Gasteiger partial charge on any atom is -0.508 e. The first-order valence-electron chi connectivity index (χ1n) is 8.03. The quantitative estimate of drug-likeness (QED) is 0.517. The highest BCUT2D eigenvalue weighted by Gasteiger charge is 2.06. The molecule has 0 saturated carbocycles. The molecule has 0 atom stereocenters. The second-order valence-electron chi connectivity index (χ2n) is 5.56. The van der Waals surface area contributed by atoms with Crippen molar-refractivity contribution in [2.75, 3.05) is 32.6 Å². The van der Waals surface area contributed by atoms with Crippen LogP contribution in [0.2, 0.25) is 0 Å². The Kier molecular flexibility index (Phi) is 6.88. The molecule has 0 spiro atoms. The van der Waals surface area contributed by atoms with Crippen LogP contribution in [-0.2, 0) is 13.1 Å². The zero-order valence-corrected chi connectivity index (χ0v) is 15.9. The van der Waals surface area contributed by atoms with Crippen molar-refractivity contribution < 1.29 is 9.84 Å². The van der Waals surface area contributed by atoms with Gasteiger partial charge in [-0.15, -0.1) is 11.3 Å². The lowest BCUT2D eigenvalue weighted by atomic mass is 10.2. The highest BCUT2D eigenvalue weighted by molar-refractivity contribution is 7.13. The number of rotatable bonds is 7. The van der Waals surface area contributed by atoms with Crippen LogP contribution >= 0.6 is 11.3 Å². The number of nitrogens with zero attached hydrogens (tertiary/aromatic N) is 3. The maximum absolute atomic E-state index is 9.96. The predicted octanol–water partition coefficient (Wildman–Crippen LogP) is 2.18. The number of guanidine groups is 1. The van der Waals surface area contributed by atoms with Gasteiger partial charge < -0.3 is 25.4 Å². The summed E-state index contributed by atoms with van der Waals surface area (Å²) in [6.07, 6.45) is 0. The van der Waals surface area contributed by atoms with Crippen LogP contribution < -0.4 is 20.3 Å². The minimum absolute atomic E-state index is 0.204. The number of anilines is 1. The Hall–Kier alpha value is -2.48. The van der Waals surface area contributed by atoms with Crippen LogP contribution in [0.15, 0.2) is 28.6 Å². The summed E-state index contributed by atoms with van der Waals surface area (Å²) in [6, 6.07) is 5.12. The number of aromatic hydroxyl groups is 1. The lowest BCUT2D eigenvalue weighted by Gasteiger charge is -2.11. The van der Waals surface area contributed by atoms with Gasteiger partial charge >= 0.3 is 0 Å². The molecule has 0 radical (unpaired) electrons. The largest absolute Gasteiger partial charge is 0.508 e. The molecule has 0 aliphatic rings. The Morgan fingerprint density at radius 2 is 2.16 bits per heavy atom. The van der Waals surface area contributed by atoms with Crippen LogP contribution in [0.5, 0.6) is 11.5 Å². The van der Waals surface area contributed by atoms with Crippen LogP contribution in [0.25, 0.3) is 0 Å². The van der Waals surface area contributed by atoms with Gasteiger partial charge in [0, 0.05) is 31.6 Å². The first-order valence-corrected chi connectivity index (χ1v) is 8.91. The molecular formula is C17H25N5O2S. The molecule has 2 rings (SSSR count). The number of methoxy groups -OCH3 is 1. The fraction of sp³-hybridized carbons (Fsp3) is 0.412. The Labute approximate surface area is 152 Å². The molecule has 1 aromatic heterocycles. The van der Waals surface area contributed by atoms with Crippen molar-refractivity contribution in [1.82, 2.24) is 15.6 Å². The Bertz CT molecular complexity index is 715. The maximum Gasteiger partial charge on any atom is 0.191 e. The number of phenols is 1. The SMILES string of the molecule is CCNC(=NCc1cc(OC)ccc1O)NCc1csc(N(C)C)n1. The van der Waals surface area contributed by atoms with Crippen molar-refractivity contribution in [1.29, 1.82) is 0 Å². The molecule has 8 heteroatoms. The van der Waals surface area contributed by atoms with Gasteiger partial charge in [0.15, 0.2) is 11.1 Å². The maximum atomic E-state index is 9.96. The Morgan fingerprint density at radius 3 is 2.80 bits per heavy atom. The van der Waals surface area contributed by atoms with Crippen molar-refractivity contribution in [3.8, 4) is 11.5 Å². The minimum atomic E-state index is 0.204. The van der Waals surface area contributed by atoms with E-state index in [1.54, 1.807) is 36.6 Å². The molecular weight excluding hydrogens is 338 g/mol. The predicted molar refractivity (Wildman–Crippen MR) is 103 cm³/mol. The van der Waals surface area contributed by atoms with E-state index in [2.05, 4.69) is 20.6 Å². The first-order chi connectivity index (χ1) is 12.0. The van der Waals surface area contributed by atoms with E-state index in [0.717, 1.165) is 17.4 Å². The van der Waals surface area contributed by atoms with E-state index in [1.165, 1.54) is 0 Å². The lowest BCUT2D eigenvalue weighted by molar-refractivity contribution is 0.411. The van der Waals surface area contributed by atoms with E-state index in [0.29, 0.717) is 30.4 Å². The molecule has 0 fully saturated rings. The topological polar surface area (TPSA) is 82.0 Å². The number of phenolic OH excluding ortho intramolecular Hbond substituents is 1. The number of hydrogen-bond acceptors (Lipinski definition) is 6. The summed E-state index contributed by atoms with van der Waals surface area (Å²) in [5.41, 5.74) is 1.67. The van der Waals surface area contributed by atoms with Gasteiger partial charge in [0.05, 0.1) is 25.9 Å². The summed E-state index contributed by atoms with van der Waals surface area (Å²) in [5, 5.41) is 19.4. The lowest BCUT2D eigenvalue weighted by Crippen LogP contribution is -2.36. The molecule has 0 saturated heterocycles. The van der Waals surface area contributed by atoms with E-state index in [-0.39, 0.29) is 5.75 Å². The van der Waals surface area contributed by atoms with Crippen LogP contribution in [0.3, 0.4) is 0 Å². The van der Waals surface area contributed by atoms with E-state index in [9.17, 15) is 5.11 Å². The summed E-state index contributed by atoms with van der Waals surface area (Å²) >= 11 is 1.61. The fourth-order valence-electron chi connectivity index (χ4n) is 2.08. The molecule has 25 heavy (non-hydrogen) atoms. The smallest absolute Gasteiger partial charge is 0.191 e. The molecule has 136 valence electrons. The molecule has 1 aromatic carbocycles. The summed E-state index contributed by atoms with van der Waals surface area (Å²) in [7, 11) is 5.55. The van der Waals surface area contributed by atoms with E-state index < -0.39 is 0 Å². The van der Waals surface area contributed by atoms with Gasteiger partial charge in [-0.2, -0.15) is 0 Å². The molecule has 3 N–H and O–H groups in total. The molecule has 0 aliphatic heterocycles. The molecule has 0 amide bonds. The third-order valence-electron chi connectivity index (χ3n) is 3.40. The molecule has 0 bridgehead atoms. The second kappa shape index (κ2) is 9.12. The summed E-state index contributed by atoms with van der Waals surface area (Å²) < 4.78 is 5.19. The highest BCUT2D eigenvalue weighted by atomic mass is 32.1. The van der Waals surface area contributed by atoms with Gasteiger partial charge in [0.25, 0.3) is 0 Å². The van der Waals surface area contributed by atoms with Crippen LogP contribution in [0.4, 0.5) is 5.13 Å². The van der Waals surface area contributed by atoms with Gasteiger partial charge in [-0.1, -0.05) is 0 Å². The number of aliphatic imine (C=N–C) groups is 1. The van der Waals surface area contributed by atoms with Crippen molar-refractivity contribution in [2.45, 2.75) is 20.0 Å². The molecule has 1 heterocycles. The molecule has 0 unspecified atom stereocenters. The monoisotopic (exact) mass is 363 g/mol. The van der Waals surface area contributed by atoms with Gasteiger partial charge in [0.1, 0.15) is 11.5 Å². The van der Waals surface area contributed by atoms with Crippen molar-refractivity contribution in [3.05, 3.63) is 34.8 Å². The zero-order chi connectivity index (χ0) is 18.2. The highest BCUT2D eigenvalue weighted by Crippen LogP contribution is 2.23. The average Bonchev–Trinajstić information content (AvgIpc) is 3.08. The van der Waals surface area contributed by atoms with Gasteiger partial charge in [0.2, 0.25) is 0 Å². The van der Waals surface area contributed by atoms with Crippen LogP contribution in [-0.4, -0.2) is 43.8 Å². The van der Waals surface area contributed by atoms with E-state index >= 15 is 0 Å². The van der Waals surface area contributed by atoms with Crippen molar-refractivity contribution in [2.24, 2.45) is 4.99 Å². The summed E-state index contributed by atoms with van der Waals surface area (Å²) in [6.45, 7) is 3.68. The fourth-order valence-corrected chi connectivity index (χ4v) is 2.84. The van der Waals surface area contributed by atoms with Crippen molar-refractivity contribution in [3.63, 3.8) is 0 Å².